The minimum absolute atomic E-state index is 0.00962. The van der Waals surface area contributed by atoms with Gasteiger partial charge in [0, 0.05) is 31.1 Å². The number of aromatic nitrogens is 1. The Labute approximate surface area is 135 Å². The van der Waals surface area contributed by atoms with Crippen molar-refractivity contribution >= 4 is 21.4 Å². The Morgan fingerprint density at radius 3 is 2.96 bits per heavy atom. The minimum Gasteiger partial charge on any atom is -0.382 e. The predicted molar refractivity (Wildman–Crippen MR) is 86.2 cm³/mol. The van der Waals surface area contributed by atoms with E-state index in [0.29, 0.717) is 13.0 Å². The Morgan fingerprint density at radius 1 is 1.39 bits per heavy atom. The first-order valence-electron chi connectivity index (χ1n) is 7.85. The molecule has 0 saturated carbocycles. The number of amides is 1. The van der Waals surface area contributed by atoms with Crippen molar-refractivity contribution in [3.05, 3.63) is 24.0 Å². The van der Waals surface area contributed by atoms with Gasteiger partial charge in [-0.3, -0.25) is 9.78 Å². The Morgan fingerprint density at radius 2 is 2.26 bits per heavy atom. The molecule has 0 aromatic carbocycles. The SMILES string of the molecule is O=C(NC1CCS(=O)(=O)C1)c1cc(NCC2CCCO2)ccn1. The van der Waals surface area contributed by atoms with Crippen molar-refractivity contribution < 1.29 is 17.9 Å². The van der Waals surface area contributed by atoms with E-state index in [1.807, 2.05) is 0 Å². The van der Waals surface area contributed by atoms with Crippen LogP contribution in [0.2, 0.25) is 0 Å². The summed E-state index contributed by atoms with van der Waals surface area (Å²) in [6, 6.07) is 3.15. The lowest BCUT2D eigenvalue weighted by atomic mass is 10.2. The van der Waals surface area contributed by atoms with Crippen LogP contribution in [0.1, 0.15) is 29.8 Å². The number of nitrogens with zero attached hydrogens (tertiary/aromatic N) is 1. The zero-order valence-corrected chi connectivity index (χ0v) is 13.6. The van der Waals surface area contributed by atoms with Crippen molar-refractivity contribution in [1.82, 2.24) is 10.3 Å². The predicted octanol–water partition coefficient (Wildman–Crippen LogP) is 0.589. The third-order valence-electron chi connectivity index (χ3n) is 4.12. The van der Waals surface area contributed by atoms with Crippen LogP contribution in [-0.2, 0) is 14.6 Å². The molecular formula is C15H21N3O4S. The van der Waals surface area contributed by atoms with Crippen LogP contribution in [0, 0.1) is 0 Å². The number of nitrogens with one attached hydrogen (secondary N) is 2. The number of ether oxygens (including phenoxy) is 1. The second kappa shape index (κ2) is 6.84. The summed E-state index contributed by atoms with van der Waals surface area (Å²) in [5.41, 5.74) is 1.09. The molecule has 1 aromatic rings. The van der Waals surface area contributed by atoms with Gasteiger partial charge in [-0.05, 0) is 31.4 Å². The lowest BCUT2D eigenvalue weighted by Gasteiger charge is -2.13. The van der Waals surface area contributed by atoms with Crippen LogP contribution in [-0.4, -0.2) is 56.1 Å². The zero-order valence-electron chi connectivity index (χ0n) is 12.8. The first-order chi connectivity index (χ1) is 11.0. The molecular weight excluding hydrogens is 318 g/mol. The molecule has 0 radical (unpaired) electrons. The molecule has 2 fully saturated rings. The van der Waals surface area contributed by atoms with Crippen LogP contribution in [0.3, 0.4) is 0 Å². The second-order valence-electron chi connectivity index (χ2n) is 6.02. The molecule has 2 aliphatic rings. The molecule has 23 heavy (non-hydrogen) atoms. The van der Waals surface area contributed by atoms with Crippen molar-refractivity contribution in [3.63, 3.8) is 0 Å². The molecule has 1 aromatic heterocycles. The fourth-order valence-corrected chi connectivity index (χ4v) is 4.54. The number of hydrogen-bond acceptors (Lipinski definition) is 6. The van der Waals surface area contributed by atoms with Crippen LogP contribution in [0.25, 0.3) is 0 Å². The molecule has 2 aliphatic heterocycles. The van der Waals surface area contributed by atoms with Crippen LogP contribution in [0.15, 0.2) is 18.3 Å². The van der Waals surface area contributed by atoms with Gasteiger partial charge in [0.15, 0.2) is 9.84 Å². The quantitative estimate of drug-likeness (QED) is 0.815. The number of sulfone groups is 1. The maximum absolute atomic E-state index is 12.2. The maximum Gasteiger partial charge on any atom is 0.270 e. The van der Waals surface area contributed by atoms with Gasteiger partial charge in [0.05, 0.1) is 17.6 Å². The summed E-state index contributed by atoms with van der Waals surface area (Å²) in [7, 11) is -3.01. The topological polar surface area (TPSA) is 97.4 Å². The van der Waals surface area contributed by atoms with E-state index in [-0.39, 0.29) is 35.3 Å². The summed E-state index contributed by atoms with van der Waals surface area (Å²) in [6.07, 6.45) is 4.37. The van der Waals surface area contributed by atoms with Gasteiger partial charge in [-0.15, -0.1) is 0 Å². The first kappa shape index (κ1) is 16.2. The number of anilines is 1. The highest BCUT2D eigenvalue weighted by molar-refractivity contribution is 7.91. The molecule has 2 N–H and O–H groups in total. The minimum atomic E-state index is -3.01. The smallest absolute Gasteiger partial charge is 0.270 e. The van der Waals surface area contributed by atoms with E-state index in [0.717, 1.165) is 25.1 Å². The molecule has 8 heteroatoms. The standard InChI is InChI=1S/C15H21N3O4S/c19-15(18-12-4-7-23(20,21)10-12)14-8-11(3-5-16-14)17-9-13-2-1-6-22-13/h3,5,8,12-13H,1-2,4,6-7,9-10H2,(H,16,17)(H,18,19). The van der Waals surface area contributed by atoms with Gasteiger partial charge in [0.2, 0.25) is 0 Å². The van der Waals surface area contributed by atoms with E-state index in [1.54, 1.807) is 18.3 Å². The first-order valence-corrected chi connectivity index (χ1v) is 9.67. The monoisotopic (exact) mass is 339 g/mol. The van der Waals surface area contributed by atoms with E-state index < -0.39 is 9.84 Å². The fourth-order valence-electron chi connectivity index (χ4n) is 2.87. The highest BCUT2D eigenvalue weighted by Gasteiger charge is 2.29. The molecule has 0 aliphatic carbocycles. The lowest BCUT2D eigenvalue weighted by Crippen LogP contribution is -2.36. The molecule has 1 amide bonds. The molecule has 2 atom stereocenters. The number of hydrogen-bond donors (Lipinski definition) is 2. The van der Waals surface area contributed by atoms with Gasteiger partial charge in [0.1, 0.15) is 5.69 Å². The number of rotatable bonds is 5. The average Bonchev–Trinajstić information content (AvgIpc) is 3.15. The zero-order chi connectivity index (χ0) is 16.3. The molecule has 7 nitrogen and oxygen atoms in total. The van der Waals surface area contributed by atoms with Crippen molar-refractivity contribution in [2.45, 2.75) is 31.4 Å². The van der Waals surface area contributed by atoms with Crippen molar-refractivity contribution in [3.8, 4) is 0 Å². The Hall–Kier alpha value is -1.67. The second-order valence-corrected chi connectivity index (χ2v) is 8.25. The molecule has 126 valence electrons. The molecule has 3 rings (SSSR count). The summed E-state index contributed by atoms with van der Waals surface area (Å²) in [5.74, 6) is -0.197. The highest BCUT2D eigenvalue weighted by atomic mass is 32.2. The highest BCUT2D eigenvalue weighted by Crippen LogP contribution is 2.15. The fraction of sp³-hybridized carbons (Fsp3) is 0.600. The lowest BCUT2D eigenvalue weighted by molar-refractivity contribution is 0.0936. The van der Waals surface area contributed by atoms with Crippen molar-refractivity contribution in [2.24, 2.45) is 0 Å². The summed E-state index contributed by atoms with van der Waals surface area (Å²) in [6.45, 7) is 1.51. The number of pyridine rings is 1. The van der Waals surface area contributed by atoms with E-state index in [9.17, 15) is 13.2 Å². The van der Waals surface area contributed by atoms with Crippen LogP contribution in [0.5, 0.6) is 0 Å². The van der Waals surface area contributed by atoms with Crippen molar-refractivity contribution in [2.75, 3.05) is 30.0 Å². The average molecular weight is 339 g/mol. The van der Waals surface area contributed by atoms with Gasteiger partial charge in [-0.1, -0.05) is 0 Å². The molecule has 0 spiro atoms. The van der Waals surface area contributed by atoms with Crippen LogP contribution in [0.4, 0.5) is 5.69 Å². The molecule has 0 bridgehead atoms. The van der Waals surface area contributed by atoms with E-state index in [2.05, 4.69) is 15.6 Å². The third kappa shape index (κ3) is 4.42. The third-order valence-corrected chi connectivity index (χ3v) is 5.89. The normalized spacial score (nSPS) is 26.1. The van der Waals surface area contributed by atoms with Gasteiger partial charge in [-0.25, -0.2) is 8.42 Å². The summed E-state index contributed by atoms with van der Waals surface area (Å²) in [4.78, 5) is 16.3. The van der Waals surface area contributed by atoms with Crippen molar-refractivity contribution in [1.29, 1.82) is 0 Å². The summed E-state index contributed by atoms with van der Waals surface area (Å²) >= 11 is 0. The van der Waals surface area contributed by atoms with Crippen LogP contribution >= 0.6 is 0 Å². The van der Waals surface area contributed by atoms with E-state index >= 15 is 0 Å². The van der Waals surface area contributed by atoms with Gasteiger partial charge in [-0.2, -0.15) is 0 Å². The number of carbonyl (C=O) groups is 1. The molecule has 2 unspecified atom stereocenters. The summed E-state index contributed by atoms with van der Waals surface area (Å²) in [5, 5.41) is 5.99. The maximum atomic E-state index is 12.2. The molecule has 2 saturated heterocycles. The van der Waals surface area contributed by atoms with Gasteiger partial charge in [0.25, 0.3) is 5.91 Å². The van der Waals surface area contributed by atoms with E-state index in [1.165, 1.54) is 0 Å². The molecule has 3 heterocycles. The Balaban J connectivity index is 1.56. The van der Waals surface area contributed by atoms with Crippen LogP contribution < -0.4 is 10.6 Å². The summed E-state index contributed by atoms with van der Waals surface area (Å²) < 4.78 is 28.4. The number of carbonyl (C=O) groups excluding carboxylic acids is 1. The van der Waals surface area contributed by atoms with E-state index in [4.69, 9.17) is 4.74 Å². The van der Waals surface area contributed by atoms with Gasteiger partial charge >= 0.3 is 0 Å². The largest absolute Gasteiger partial charge is 0.382 e. The van der Waals surface area contributed by atoms with Gasteiger partial charge < -0.3 is 15.4 Å². The Kier molecular flexibility index (Phi) is 4.82. The Bertz CT molecular complexity index is 671.